The van der Waals surface area contributed by atoms with E-state index in [-0.39, 0.29) is 17.9 Å². The molecule has 2 N–H and O–H groups in total. The SMILES string of the molecule is C=CC[C@@H](C)NC(=O)[C@@H](NC(=O)OC)C(C)C. The summed E-state index contributed by atoms with van der Waals surface area (Å²) in [6, 6.07) is -0.588. The van der Waals surface area contributed by atoms with Crippen LogP contribution in [0.4, 0.5) is 4.79 Å². The van der Waals surface area contributed by atoms with Crippen LogP contribution in [0.25, 0.3) is 0 Å². The minimum Gasteiger partial charge on any atom is -0.453 e. The van der Waals surface area contributed by atoms with E-state index in [4.69, 9.17) is 0 Å². The average molecular weight is 242 g/mol. The fourth-order valence-electron chi connectivity index (χ4n) is 1.36. The maximum atomic E-state index is 11.9. The number of nitrogens with one attached hydrogen (secondary N) is 2. The molecule has 5 nitrogen and oxygen atoms in total. The minimum absolute atomic E-state index is 0.000645. The summed E-state index contributed by atoms with van der Waals surface area (Å²) in [5.74, 6) is -0.218. The summed E-state index contributed by atoms with van der Waals surface area (Å²) in [4.78, 5) is 23.0. The van der Waals surface area contributed by atoms with Crippen LogP contribution in [0.3, 0.4) is 0 Å². The summed E-state index contributed by atoms with van der Waals surface area (Å²) in [6.07, 6.45) is 1.83. The second-order valence-electron chi connectivity index (χ2n) is 4.29. The van der Waals surface area contributed by atoms with Gasteiger partial charge in [-0.25, -0.2) is 4.79 Å². The highest BCUT2D eigenvalue weighted by molar-refractivity contribution is 5.86. The van der Waals surface area contributed by atoms with Crippen LogP contribution in [-0.4, -0.2) is 31.2 Å². The molecule has 2 amide bonds. The first kappa shape index (κ1) is 15.5. The Balaban J connectivity index is 4.44. The van der Waals surface area contributed by atoms with E-state index in [0.717, 1.165) is 0 Å². The number of alkyl carbamates (subject to hydrolysis) is 1. The third kappa shape index (κ3) is 5.94. The van der Waals surface area contributed by atoms with Crippen molar-refractivity contribution in [1.29, 1.82) is 0 Å². The zero-order valence-corrected chi connectivity index (χ0v) is 10.9. The highest BCUT2D eigenvalue weighted by atomic mass is 16.5. The molecule has 0 aromatic heterocycles. The Morgan fingerprint density at radius 1 is 1.29 bits per heavy atom. The fourth-order valence-corrected chi connectivity index (χ4v) is 1.36. The summed E-state index contributed by atoms with van der Waals surface area (Å²) in [5.41, 5.74) is 0. The monoisotopic (exact) mass is 242 g/mol. The Morgan fingerprint density at radius 3 is 2.29 bits per heavy atom. The third-order valence-electron chi connectivity index (χ3n) is 2.32. The van der Waals surface area contributed by atoms with Gasteiger partial charge in [0.05, 0.1) is 7.11 Å². The summed E-state index contributed by atoms with van der Waals surface area (Å²) in [7, 11) is 1.27. The third-order valence-corrected chi connectivity index (χ3v) is 2.32. The molecule has 0 radical (unpaired) electrons. The molecule has 0 spiro atoms. The molecule has 0 aromatic carbocycles. The van der Waals surface area contributed by atoms with Gasteiger partial charge in [-0.3, -0.25) is 4.79 Å². The van der Waals surface area contributed by atoms with Crippen molar-refractivity contribution in [3.8, 4) is 0 Å². The van der Waals surface area contributed by atoms with E-state index in [1.165, 1.54) is 7.11 Å². The van der Waals surface area contributed by atoms with Crippen molar-refractivity contribution in [2.24, 2.45) is 5.92 Å². The van der Waals surface area contributed by atoms with Gasteiger partial charge < -0.3 is 15.4 Å². The number of hydrogen-bond donors (Lipinski definition) is 2. The van der Waals surface area contributed by atoms with Gasteiger partial charge in [0.15, 0.2) is 0 Å². The summed E-state index contributed by atoms with van der Waals surface area (Å²) in [6.45, 7) is 9.21. The Hall–Kier alpha value is -1.52. The van der Waals surface area contributed by atoms with E-state index in [1.54, 1.807) is 6.08 Å². The van der Waals surface area contributed by atoms with Crippen LogP contribution in [0.15, 0.2) is 12.7 Å². The van der Waals surface area contributed by atoms with E-state index in [1.807, 2.05) is 20.8 Å². The molecular formula is C12H22N2O3. The van der Waals surface area contributed by atoms with Crippen LogP contribution < -0.4 is 10.6 Å². The molecule has 2 atom stereocenters. The van der Waals surface area contributed by atoms with Crippen LogP contribution in [0, 0.1) is 5.92 Å². The molecular weight excluding hydrogens is 220 g/mol. The van der Waals surface area contributed by atoms with Crippen molar-refractivity contribution in [2.45, 2.75) is 39.3 Å². The number of hydrogen-bond acceptors (Lipinski definition) is 3. The van der Waals surface area contributed by atoms with E-state index < -0.39 is 12.1 Å². The Labute approximate surface area is 103 Å². The molecule has 0 saturated carbocycles. The van der Waals surface area contributed by atoms with Gasteiger partial charge in [-0.1, -0.05) is 19.9 Å². The van der Waals surface area contributed by atoms with Gasteiger partial charge in [-0.05, 0) is 19.3 Å². The maximum absolute atomic E-state index is 11.9. The van der Waals surface area contributed by atoms with E-state index in [0.29, 0.717) is 6.42 Å². The molecule has 0 aliphatic carbocycles. The molecule has 0 aromatic rings. The number of ether oxygens (including phenoxy) is 1. The Morgan fingerprint density at radius 2 is 1.88 bits per heavy atom. The van der Waals surface area contributed by atoms with E-state index in [2.05, 4.69) is 21.9 Å². The van der Waals surface area contributed by atoms with Crippen molar-refractivity contribution < 1.29 is 14.3 Å². The van der Waals surface area contributed by atoms with Crippen molar-refractivity contribution in [1.82, 2.24) is 10.6 Å². The van der Waals surface area contributed by atoms with Gasteiger partial charge in [0.2, 0.25) is 5.91 Å². The molecule has 0 aliphatic heterocycles. The molecule has 0 bridgehead atoms. The van der Waals surface area contributed by atoms with Crippen LogP contribution in [0.2, 0.25) is 0 Å². The number of rotatable bonds is 6. The summed E-state index contributed by atoms with van der Waals surface area (Å²) >= 11 is 0. The van der Waals surface area contributed by atoms with Crippen LogP contribution in [-0.2, 0) is 9.53 Å². The van der Waals surface area contributed by atoms with Gasteiger partial charge in [-0.15, -0.1) is 6.58 Å². The van der Waals surface area contributed by atoms with Gasteiger partial charge in [0, 0.05) is 6.04 Å². The molecule has 98 valence electrons. The predicted octanol–water partition coefficient (Wildman–Crippen LogP) is 1.45. The minimum atomic E-state index is -0.602. The molecule has 17 heavy (non-hydrogen) atoms. The normalized spacial score (nSPS) is 13.7. The first-order chi connectivity index (χ1) is 7.92. The highest BCUT2D eigenvalue weighted by Crippen LogP contribution is 2.03. The van der Waals surface area contributed by atoms with Crippen LogP contribution in [0.5, 0.6) is 0 Å². The second kappa shape index (κ2) is 7.70. The Kier molecular flexibility index (Phi) is 7.02. The summed E-state index contributed by atoms with van der Waals surface area (Å²) < 4.78 is 4.49. The standard InChI is InChI=1S/C12H22N2O3/c1-6-7-9(4)13-11(15)10(8(2)3)14-12(16)17-5/h6,8-10H,1,7H2,2-5H3,(H,13,15)(H,14,16)/t9-,10+/m1/s1. The highest BCUT2D eigenvalue weighted by Gasteiger charge is 2.25. The van der Waals surface area contributed by atoms with Crippen molar-refractivity contribution in [3.63, 3.8) is 0 Å². The molecule has 0 heterocycles. The lowest BCUT2D eigenvalue weighted by atomic mass is 10.0. The van der Waals surface area contributed by atoms with Crippen LogP contribution in [0.1, 0.15) is 27.2 Å². The molecule has 0 fully saturated rings. The van der Waals surface area contributed by atoms with Crippen LogP contribution >= 0.6 is 0 Å². The Bertz CT molecular complexity index is 277. The van der Waals surface area contributed by atoms with Crippen molar-refractivity contribution in [3.05, 3.63) is 12.7 Å². The van der Waals surface area contributed by atoms with Gasteiger partial charge >= 0.3 is 6.09 Å². The zero-order chi connectivity index (χ0) is 13.4. The topological polar surface area (TPSA) is 67.4 Å². The van der Waals surface area contributed by atoms with E-state index in [9.17, 15) is 9.59 Å². The molecule has 0 saturated heterocycles. The molecule has 0 aliphatic rings. The predicted molar refractivity (Wildman–Crippen MR) is 66.6 cm³/mol. The smallest absolute Gasteiger partial charge is 0.407 e. The summed E-state index contributed by atoms with van der Waals surface area (Å²) in [5, 5.41) is 5.33. The van der Waals surface area contributed by atoms with Crippen molar-refractivity contribution >= 4 is 12.0 Å². The zero-order valence-electron chi connectivity index (χ0n) is 10.9. The molecule has 0 rings (SSSR count). The quantitative estimate of drug-likeness (QED) is 0.693. The van der Waals surface area contributed by atoms with Crippen molar-refractivity contribution in [2.75, 3.05) is 7.11 Å². The second-order valence-corrected chi connectivity index (χ2v) is 4.29. The molecule has 5 heteroatoms. The van der Waals surface area contributed by atoms with Gasteiger partial charge in [0.1, 0.15) is 6.04 Å². The van der Waals surface area contributed by atoms with E-state index >= 15 is 0 Å². The first-order valence-electron chi connectivity index (χ1n) is 5.68. The lowest BCUT2D eigenvalue weighted by Gasteiger charge is -2.23. The maximum Gasteiger partial charge on any atom is 0.407 e. The number of methoxy groups -OCH3 is 1. The lowest BCUT2D eigenvalue weighted by Crippen LogP contribution is -2.51. The average Bonchev–Trinajstić information content (AvgIpc) is 2.24. The largest absolute Gasteiger partial charge is 0.453 e. The van der Waals surface area contributed by atoms with Gasteiger partial charge in [-0.2, -0.15) is 0 Å². The molecule has 0 unspecified atom stereocenters. The lowest BCUT2D eigenvalue weighted by molar-refractivity contribution is -0.124. The number of amides is 2. The fraction of sp³-hybridized carbons (Fsp3) is 0.667. The first-order valence-corrected chi connectivity index (χ1v) is 5.68. The number of carbonyl (C=O) groups is 2. The number of carbonyl (C=O) groups excluding carboxylic acids is 2. The van der Waals surface area contributed by atoms with Gasteiger partial charge in [0.25, 0.3) is 0 Å².